The molecule has 0 atom stereocenters. The van der Waals surface area contributed by atoms with E-state index < -0.39 is 0 Å². The van der Waals surface area contributed by atoms with Crippen LogP contribution < -0.4 is 5.73 Å². The summed E-state index contributed by atoms with van der Waals surface area (Å²) < 4.78 is 0. The van der Waals surface area contributed by atoms with E-state index in [0.717, 1.165) is 5.52 Å². The van der Waals surface area contributed by atoms with Crippen molar-refractivity contribution in [1.29, 1.82) is 0 Å². The molecule has 100 valence electrons. The summed E-state index contributed by atoms with van der Waals surface area (Å²) in [4.78, 5) is 15.6. The molecule has 0 saturated carbocycles. The Hall–Kier alpha value is -1.97. The zero-order chi connectivity index (χ0) is 14.3. The van der Waals surface area contributed by atoms with E-state index in [-0.39, 0.29) is 5.78 Å². The number of nitrogens with one attached hydrogen (secondary N) is 1. The normalized spacial score (nSPS) is 10.9. The molecule has 0 aliphatic carbocycles. The molecule has 5 heteroatoms. The zero-order valence-corrected chi connectivity index (χ0v) is 11.8. The predicted molar refractivity (Wildman–Crippen MR) is 82.6 cm³/mol. The van der Waals surface area contributed by atoms with Gasteiger partial charge < -0.3 is 10.7 Å². The molecular formula is C15H10Cl2N2O. The third-order valence-electron chi connectivity index (χ3n) is 3.14. The van der Waals surface area contributed by atoms with Crippen LogP contribution >= 0.6 is 23.2 Å². The van der Waals surface area contributed by atoms with Gasteiger partial charge in [0, 0.05) is 33.9 Å². The molecule has 1 heterocycles. The fourth-order valence-corrected chi connectivity index (χ4v) is 2.73. The second kappa shape index (κ2) is 4.85. The van der Waals surface area contributed by atoms with Gasteiger partial charge in [-0.2, -0.15) is 0 Å². The van der Waals surface area contributed by atoms with Crippen molar-refractivity contribution in [1.82, 2.24) is 4.98 Å². The van der Waals surface area contributed by atoms with Crippen LogP contribution in [0.1, 0.15) is 15.9 Å². The van der Waals surface area contributed by atoms with Crippen LogP contribution in [0, 0.1) is 0 Å². The first-order valence-corrected chi connectivity index (χ1v) is 6.69. The predicted octanol–water partition coefficient (Wildman–Crippen LogP) is 4.29. The van der Waals surface area contributed by atoms with Gasteiger partial charge in [0.25, 0.3) is 0 Å². The number of carbonyl (C=O) groups is 1. The number of anilines is 1. The van der Waals surface area contributed by atoms with Crippen molar-refractivity contribution in [2.45, 2.75) is 0 Å². The van der Waals surface area contributed by atoms with Crippen molar-refractivity contribution >= 4 is 45.6 Å². The molecule has 3 rings (SSSR count). The van der Waals surface area contributed by atoms with E-state index in [9.17, 15) is 4.79 Å². The number of H-pyrrole nitrogens is 1. The van der Waals surface area contributed by atoms with Gasteiger partial charge in [0.05, 0.1) is 10.0 Å². The van der Waals surface area contributed by atoms with Gasteiger partial charge >= 0.3 is 0 Å². The van der Waals surface area contributed by atoms with Crippen LogP contribution in [0.15, 0.2) is 42.6 Å². The lowest BCUT2D eigenvalue weighted by molar-refractivity contribution is 0.104. The number of benzene rings is 2. The summed E-state index contributed by atoms with van der Waals surface area (Å²) in [7, 11) is 0. The van der Waals surface area contributed by atoms with Crippen LogP contribution in [-0.4, -0.2) is 10.8 Å². The van der Waals surface area contributed by atoms with Crippen LogP contribution in [0.2, 0.25) is 10.0 Å². The lowest BCUT2D eigenvalue weighted by atomic mass is 10.0. The van der Waals surface area contributed by atoms with Crippen molar-refractivity contribution in [2.24, 2.45) is 0 Å². The average Bonchev–Trinajstić information content (AvgIpc) is 2.83. The molecule has 0 aliphatic rings. The summed E-state index contributed by atoms with van der Waals surface area (Å²) in [6, 6.07) is 10.3. The Morgan fingerprint density at radius 2 is 1.85 bits per heavy atom. The summed E-state index contributed by atoms with van der Waals surface area (Å²) in [5.41, 5.74) is 7.87. The molecule has 0 aliphatic heterocycles. The van der Waals surface area contributed by atoms with Gasteiger partial charge in [0.2, 0.25) is 0 Å². The van der Waals surface area contributed by atoms with E-state index in [1.807, 2.05) is 12.1 Å². The van der Waals surface area contributed by atoms with Gasteiger partial charge in [-0.3, -0.25) is 4.79 Å². The fraction of sp³-hybridized carbons (Fsp3) is 0. The molecule has 3 N–H and O–H groups in total. The molecule has 1 aromatic heterocycles. The minimum absolute atomic E-state index is 0.186. The lowest BCUT2D eigenvalue weighted by Gasteiger charge is -2.04. The van der Waals surface area contributed by atoms with E-state index in [0.29, 0.717) is 32.2 Å². The maximum absolute atomic E-state index is 12.6. The summed E-state index contributed by atoms with van der Waals surface area (Å²) in [6.07, 6.45) is 1.64. The number of halogens is 2. The molecule has 0 fully saturated rings. The van der Waals surface area contributed by atoms with Gasteiger partial charge in [-0.1, -0.05) is 29.3 Å². The highest BCUT2D eigenvalue weighted by molar-refractivity contribution is 6.39. The van der Waals surface area contributed by atoms with E-state index in [1.165, 1.54) is 0 Å². The minimum Gasteiger partial charge on any atom is -0.399 e. The molecule has 0 amide bonds. The quantitative estimate of drug-likeness (QED) is 0.548. The molecule has 0 saturated heterocycles. The number of fused-ring (bicyclic) bond motifs is 1. The monoisotopic (exact) mass is 304 g/mol. The molecule has 0 spiro atoms. The molecule has 0 unspecified atom stereocenters. The fourth-order valence-electron chi connectivity index (χ4n) is 2.18. The highest BCUT2D eigenvalue weighted by atomic mass is 35.5. The van der Waals surface area contributed by atoms with Crippen LogP contribution in [-0.2, 0) is 0 Å². The zero-order valence-electron chi connectivity index (χ0n) is 10.3. The number of ketones is 1. The highest BCUT2D eigenvalue weighted by Crippen LogP contribution is 2.30. The third-order valence-corrected chi connectivity index (χ3v) is 3.77. The summed E-state index contributed by atoms with van der Waals surface area (Å²) >= 11 is 12.3. The topological polar surface area (TPSA) is 58.9 Å². The molecule has 3 aromatic rings. The maximum Gasteiger partial charge on any atom is 0.196 e. The van der Waals surface area contributed by atoms with Crippen LogP contribution in [0.3, 0.4) is 0 Å². The minimum atomic E-state index is -0.186. The van der Waals surface area contributed by atoms with Gasteiger partial charge in [-0.15, -0.1) is 0 Å². The number of aromatic amines is 1. The Kier molecular flexibility index (Phi) is 3.16. The average molecular weight is 305 g/mol. The van der Waals surface area contributed by atoms with Crippen LogP contribution in [0.5, 0.6) is 0 Å². The molecule has 2 aromatic carbocycles. The molecule has 20 heavy (non-hydrogen) atoms. The molecule has 0 radical (unpaired) electrons. The molecule has 3 nitrogen and oxygen atoms in total. The van der Waals surface area contributed by atoms with Crippen molar-refractivity contribution in [2.75, 3.05) is 5.73 Å². The number of carbonyl (C=O) groups excluding carboxylic acids is 1. The smallest absolute Gasteiger partial charge is 0.196 e. The number of nitrogen functional groups attached to an aromatic ring is 1. The summed E-state index contributed by atoms with van der Waals surface area (Å²) in [5.74, 6) is -0.186. The molecular weight excluding hydrogens is 295 g/mol. The Labute approximate surface area is 125 Å². The number of aromatic nitrogens is 1. The van der Waals surface area contributed by atoms with Gasteiger partial charge in [0.1, 0.15) is 0 Å². The second-order valence-corrected chi connectivity index (χ2v) is 5.25. The van der Waals surface area contributed by atoms with E-state index in [2.05, 4.69) is 4.98 Å². The maximum atomic E-state index is 12.6. The summed E-state index contributed by atoms with van der Waals surface area (Å²) in [6.45, 7) is 0. The first-order valence-electron chi connectivity index (χ1n) is 5.93. The highest BCUT2D eigenvalue weighted by Gasteiger charge is 2.18. The lowest BCUT2D eigenvalue weighted by Crippen LogP contribution is -2.02. The third kappa shape index (κ3) is 2.05. The number of nitrogens with two attached hydrogens (primary N) is 1. The van der Waals surface area contributed by atoms with E-state index >= 15 is 0 Å². The van der Waals surface area contributed by atoms with Crippen LogP contribution in [0.25, 0.3) is 10.9 Å². The first-order chi connectivity index (χ1) is 9.58. The van der Waals surface area contributed by atoms with Crippen molar-refractivity contribution < 1.29 is 4.79 Å². The van der Waals surface area contributed by atoms with Gasteiger partial charge in [-0.05, 0) is 30.3 Å². The molecule has 0 bridgehead atoms. The van der Waals surface area contributed by atoms with E-state index in [1.54, 1.807) is 30.5 Å². The second-order valence-electron chi connectivity index (χ2n) is 4.43. The number of hydrogen-bond donors (Lipinski definition) is 2. The standard InChI is InChI=1S/C15H10Cl2N2O/c16-11-2-1-3-13-14(11)10(7-19-13)15(20)9-5-4-8(18)6-12(9)17/h1-7,19H,18H2. The number of rotatable bonds is 2. The Bertz CT molecular complexity index is 824. The summed E-state index contributed by atoms with van der Waals surface area (Å²) in [5, 5.41) is 1.56. The van der Waals surface area contributed by atoms with E-state index in [4.69, 9.17) is 28.9 Å². The van der Waals surface area contributed by atoms with Crippen molar-refractivity contribution in [3.8, 4) is 0 Å². The largest absolute Gasteiger partial charge is 0.399 e. The Morgan fingerprint density at radius 3 is 2.60 bits per heavy atom. The first kappa shape index (κ1) is 13.0. The number of hydrogen-bond acceptors (Lipinski definition) is 2. The Balaban J connectivity index is 2.18. The van der Waals surface area contributed by atoms with Gasteiger partial charge in [-0.25, -0.2) is 0 Å². The van der Waals surface area contributed by atoms with Crippen LogP contribution in [0.4, 0.5) is 5.69 Å². The Morgan fingerprint density at radius 1 is 1.05 bits per heavy atom. The SMILES string of the molecule is Nc1ccc(C(=O)c2c[nH]c3cccc(Cl)c23)c(Cl)c1. The van der Waals surface area contributed by atoms with Gasteiger partial charge in [0.15, 0.2) is 5.78 Å². The van der Waals surface area contributed by atoms with Crippen molar-refractivity contribution in [3.63, 3.8) is 0 Å². The van der Waals surface area contributed by atoms with Crippen molar-refractivity contribution in [3.05, 3.63) is 63.8 Å².